The Morgan fingerprint density at radius 2 is 2.06 bits per heavy atom. The molecule has 2 aliphatic rings. The monoisotopic (exact) mass is 252 g/mol. The Kier molecular flexibility index (Phi) is 3.96. The van der Waals surface area contributed by atoms with Crippen LogP contribution in [0.2, 0.25) is 0 Å². The van der Waals surface area contributed by atoms with Crippen molar-refractivity contribution < 1.29 is 9.84 Å². The predicted molar refractivity (Wildman–Crippen MR) is 69.0 cm³/mol. The molecule has 0 aromatic rings. The summed E-state index contributed by atoms with van der Waals surface area (Å²) in [5.74, 6) is 0. The van der Waals surface area contributed by atoms with Crippen molar-refractivity contribution in [3.05, 3.63) is 0 Å². The average Bonchev–Trinajstić information content (AvgIpc) is 2.75. The van der Waals surface area contributed by atoms with Gasteiger partial charge in [0.1, 0.15) is 5.41 Å². The highest BCUT2D eigenvalue weighted by Gasteiger charge is 2.53. The number of hydrogen-bond acceptors (Lipinski definition) is 4. The molecule has 2 fully saturated rings. The first-order chi connectivity index (χ1) is 8.53. The maximum Gasteiger partial charge on any atom is 0.111 e. The molecule has 4 heteroatoms. The van der Waals surface area contributed by atoms with Gasteiger partial charge < -0.3 is 14.7 Å². The third kappa shape index (κ3) is 2.27. The maximum absolute atomic E-state index is 11.0. The van der Waals surface area contributed by atoms with Gasteiger partial charge in [-0.2, -0.15) is 5.26 Å². The summed E-state index contributed by atoms with van der Waals surface area (Å²) >= 11 is 0. The summed E-state index contributed by atoms with van der Waals surface area (Å²) in [5, 5.41) is 20.5. The van der Waals surface area contributed by atoms with Gasteiger partial charge >= 0.3 is 0 Å². The first-order valence-corrected chi connectivity index (χ1v) is 6.98. The van der Waals surface area contributed by atoms with E-state index in [1.807, 2.05) is 0 Å². The van der Waals surface area contributed by atoms with Gasteiger partial charge in [0.15, 0.2) is 0 Å². The summed E-state index contributed by atoms with van der Waals surface area (Å²) in [5.41, 5.74) is -1.55. The number of nitriles is 1. The fourth-order valence-electron chi connectivity index (χ4n) is 3.26. The van der Waals surface area contributed by atoms with Gasteiger partial charge in [0.05, 0.1) is 18.3 Å². The van der Waals surface area contributed by atoms with Crippen molar-refractivity contribution >= 4 is 0 Å². The highest BCUT2D eigenvalue weighted by molar-refractivity contribution is 5.14. The minimum atomic E-state index is -0.873. The number of hydrogen-bond donors (Lipinski definition) is 1. The topological polar surface area (TPSA) is 56.5 Å². The third-order valence-corrected chi connectivity index (χ3v) is 4.71. The zero-order valence-corrected chi connectivity index (χ0v) is 11.5. The van der Waals surface area contributed by atoms with Gasteiger partial charge in [-0.1, -0.05) is 0 Å². The first-order valence-electron chi connectivity index (χ1n) is 6.98. The molecule has 2 aliphatic heterocycles. The largest absolute Gasteiger partial charge is 0.388 e. The van der Waals surface area contributed by atoms with Crippen LogP contribution in [-0.4, -0.2) is 48.0 Å². The van der Waals surface area contributed by atoms with Crippen LogP contribution in [0.4, 0.5) is 0 Å². The number of rotatable bonds is 2. The van der Waals surface area contributed by atoms with Crippen molar-refractivity contribution in [1.29, 1.82) is 5.26 Å². The van der Waals surface area contributed by atoms with Crippen molar-refractivity contribution in [2.75, 3.05) is 26.3 Å². The van der Waals surface area contributed by atoms with E-state index in [2.05, 4.69) is 24.8 Å². The molecule has 2 unspecified atom stereocenters. The zero-order chi connectivity index (χ0) is 13.2. The number of ether oxygens (including phenoxy) is 1. The summed E-state index contributed by atoms with van der Waals surface area (Å²) in [6.45, 7) is 7.25. The normalized spacial score (nSPS) is 38.6. The molecule has 0 spiro atoms. The second kappa shape index (κ2) is 5.16. The Labute approximate surface area is 110 Å². The van der Waals surface area contributed by atoms with E-state index in [0.717, 1.165) is 19.5 Å². The average molecular weight is 252 g/mol. The molecule has 4 nitrogen and oxygen atoms in total. The molecular formula is C14H24N2O2. The second-order valence-corrected chi connectivity index (χ2v) is 6.01. The van der Waals surface area contributed by atoms with E-state index in [-0.39, 0.29) is 0 Å². The highest BCUT2D eigenvalue weighted by Crippen LogP contribution is 2.45. The fourth-order valence-corrected chi connectivity index (χ4v) is 3.26. The van der Waals surface area contributed by atoms with Crippen molar-refractivity contribution in [2.24, 2.45) is 5.41 Å². The molecule has 1 N–H and O–H groups in total. The van der Waals surface area contributed by atoms with Crippen molar-refractivity contribution in [1.82, 2.24) is 4.90 Å². The molecule has 18 heavy (non-hydrogen) atoms. The van der Waals surface area contributed by atoms with Crippen molar-refractivity contribution in [2.45, 2.75) is 51.2 Å². The second-order valence-electron chi connectivity index (χ2n) is 6.01. The molecule has 0 amide bonds. The Balaban J connectivity index is 2.14. The minimum Gasteiger partial charge on any atom is -0.388 e. The number of aliphatic hydroxyl groups is 1. The molecule has 2 saturated heterocycles. The summed E-state index contributed by atoms with van der Waals surface area (Å²) < 4.78 is 5.39. The van der Waals surface area contributed by atoms with Gasteiger partial charge in [-0.25, -0.2) is 0 Å². The van der Waals surface area contributed by atoms with Crippen LogP contribution in [-0.2, 0) is 4.74 Å². The lowest BCUT2D eigenvalue weighted by Crippen LogP contribution is -2.49. The Bertz CT molecular complexity index is 331. The molecule has 0 radical (unpaired) electrons. The predicted octanol–water partition coefficient (Wildman–Crippen LogP) is 1.54. The Morgan fingerprint density at radius 1 is 1.28 bits per heavy atom. The van der Waals surface area contributed by atoms with E-state index in [9.17, 15) is 10.4 Å². The molecule has 2 heterocycles. The molecular weight excluding hydrogens is 228 g/mol. The molecule has 0 saturated carbocycles. The summed E-state index contributed by atoms with van der Waals surface area (Å²) in [6.07, 6.45) is 3.02. The lowest BCUT2D eigenvalue weighted by atomic mass is 9.68. The minimum absolute atomic E-state index is 0.391. The third-order valence-electron chi connectivity index (χ3n) is 4.71. The van der Waals surface area contributed by atoms with Crippen molar-refractivity contribution in [3.8, 4) is 6.07 Å². The van der Waals surface area contributed by atoms with Crippen LogP contribution in [0.3, 0.4) is 0 Å². The van der Waals surface area contributed by atoms with E-state index in [1.165, 1.54) is 0 Å². The zero-order valence-electron chi connectivity index (χ0n) is 11.5. The van der Waals surface area contributed by atoms with Gasteiger partial charge in [-0.3, -0.25) is 0 Å². The SMILES string of the molecule is CC(C)N1CCCC(O)(C2(C#N)CCOC2)CC1. The summed E-state index contributed by atoms with van der Waals surface area (Å²) in [6, 6.07) is 2.87. The van der Waals surface area contributed by atoms with Crippen LogP contribution in [0.1, 0.15) is 39.5 Å². The fraction of sp³-hybridized carbons (Fsp3) is 0.929. The molecule has 102 valence electrons. The summed E-state index contributed by atoms with van der Waals surface area (Å²) in [7, 11) is 0. The molecule has 0 bridgehead atoms. The van der Waals surface area contributed by atoms with E-state index in [0.29, 0.717) is 38.5 Å². The smallest absolute Gasteiger partial charge is 0.111 e. The Hall–Kier alpha value is -0.630. The molecule has 0 aliphatic carbocycles. The van der Waals surface area contributed by atoms with Crippen molar-refractivity contribution in [3.63, 3.8) is 0 Å². The van der Waals surface area contributed by atoms with Gasteiger partial charge in [0.2, 0.25) is 0 Å². The lowest BCUT2D eigenvalue weighted by Gasteiger charge is -2.39. The number of likely N-dealkylation sites (tertiary alicyclic amines) is 1. The molecule has 2 rings (SSSR count). The standard InChI is InChI=1S/C14H24N2O2/c1-12(2)16-7-3-4-14(17,5-8-16)13(10-15)6-9-18-11-13/h12,17H,3-9,11H2,1-2H3. The number of nitrogens with zero attached hydrogens (tertiary/aromatic N) is 2. The van der Waals surface area contributed by atoms with E-state index in [4.69, 9.17) is 4.74 Å². The van der Waals surface area contributed by atoms with E-state index >= 15 is 0 Å². The van der Waals surface area contributed by atoms with Gasteiger partial charge in [-0.05, 0) is 46.1 Å². The van der Waals surface area contributed by atoms with Crippen LogP contribution in [0.5, 0.6) is 0 Å². The van der Waals surface area contributed by atoms with Crippen LogP contribution < -0.4 is 0 Å². The van der Waals surface area contributed by atoms with Crippen LogP contribution in [0.15, 0.2) is 0 Å². The van der Waals surface area contributed by atoms with Crippen LogP contribution in [0, 0.1) is 16.7 Å². The van der Waals surface area contributed by atoms with Gasteiger partial charge in [0.25, 0.3) is 0 Å². The van der Waals surface area contributed by atoms with Gasteiger partial charge in [0, 0.05) is 19.2 Å². The first kappa shape index (κ1) is 13.8. The lowest BCUT2D eigenvalue weighted by molar-refractivity contribution is -0.0688. The Morgan fingerprint density at radius 3 is 2.61 bits per heavy atom. The van der Waals surface area contributed by atoms with Crippen LogP contribution >= 0.6 is 0 Å². The highest BCUT2D eigenvalue weighted by atomic mass is 16.5. The molecule has 2 atom stereocenters. The quantitative estimate of drug-likeness (QED) is 0.810. The van der Waals surface area contributed by atoms with Crippen LogP contribution in [0.25, 0.3) is 0 Å². The summed E-state index contributed by atoms with van der Waals surface area (Å²) in [4.78, 5) is 2.39. The molecule has 0 aromatic heterocycles. The van der Waals surface area contributed by atoms with Gasteiger partial charge in [-0.15, -0.1) is 0 Å². The molecule has 0 aromatic carbocycles. The van der Waals surface area contributed by atoms with E-state index in [1.54, 1.807) is 0 Å². The maximum atomic E-state index is 11.0. The van der Waals surface area contributed by atoms with E-state index < -0.39 is 11.0 Å².